The van der Waals surface area contributed by atoms with Gasteiger partial charge in [0.2, 0.25) is 10.0 Å². The summed E-state index contributed by atoms with van der Waals surface area (Å²) in [6.45, 7) is 5.89. The van der Waals surface area contributed by atoms with E-state index in [1.807, 2.05) is 39.0 Å². The minimum Gasteiger partial charge on any atom is -0.495 e. The van der Waals surface area contributed by atoms with E-state index in [-0.39, 0.29) is 11.4 Å². The molecule has 2 heterocycles. The Morgan fingerprint density at radius 1 is 1.25 bits per heavy atom. The van der Waals surface area contributed by atoms with Gasteiger partial charge in [-0.3, -0.25) is 4.68 Å². The Balaban J connectivity index is 1.92. The second-order valence-electron chi connectivity index (χ2n) is 6.59. The van der Waals surface area contributed by atoms with Crippen LogP contribution in [-0.4, -0.2) is 31.9 Å². The molecule has 0 radical (unpaired) electrons. The molecule has 0 fully saturated rings. The zero-order valence-corrected chi connectivity index (χ0v) is 17.3. The summed E-state index contributed by atoms with van der Waals surface area (Å²) in [5.41, 5.74) is 2.69. The first-order valence-electron chi connectivity index (χ1n) is 9.08. The third-order valence-electron chi connectivity index (χ3n) is 4.60. The first-order chi connectivity index (χ1) is 13.4. The van der Waals surface area contributed by atoms with E-state index in [1.54, 1.807) is 29.1 Å². The van der Waals surface area contributed by atoms with Crippen molar-refractivity contribution < 1.29 is 17.6 Å². The molecular weight excluding hydrogens is 378 g/mol. The lowest BCUT2D eigenvalue weighted by Gasteiger charge is -2.19. The molecule has 0 aliphatic heterocycles. The summed E-state index contributed by atoms with van der Waals surface area (Å²) in [5, 5.41) is 4.50. The Labute approximate surface area is 165 Å². The maximum absolute atomic E-state index is 13.0. The molecule has 0 saturated carbocycles. The number of nitrogens with one attached hydrogen (secondary N) is 1. The van der Waals surface area contributed by atoms with Gasteiger partial charge in [-0.05, 0) is 56.2 Å². The number of sulfonamides is 1. The van der Waals surface area contributed by atoms with Crippen LogP contribution in [0.1, 0.15) is 35.7 Å². The molecule has 0 bridgehead atoms. The summed E-state index contributed by atoms with van der Waals surface area (Å²) >= 11 is 0. The van der Waals surface area contributed by atoms with Gasteiger partial charge in [0.05, 0.1) is 19.1 Å². The summed E-state index contributed by atoms with van der Waals surface area (Å²) in [4.78, 5) is 0.126. The number of nitrogens with zero attached hydrogens (tertiary/aromatic N) is 2. The van der Waals surface area contributed by atoms with Crippen LogP contribution in [0.15, 0.2) is 52.0 Å². The summed E-state index contributed by atoms with van der Waals surface area (Å²) < 4.78 is 41.3. The number of furan rings is 1. The molecule has 1 aromatic carbocycles. The number of aryl methyl sites for hydroxylation is 3. The van der Waals surface area contributed by atoms with Crippen molar-refractivity contribution >= 4 is 10.0 Å². The number of hydrogen-bond donors (Lipinski definition) is 1. The molecule has 0 amide bonds. The van der Waals surface area contributed by atoms with Gasteiger partial charge in [-0.25, -0.2) is 13.1 Å². The average molecular weight is 404 g/mol. The Bertz CT molecular complexity index is 1040. The fourth-order valence-electron chi connectivity index (χ4n) is 3.17. The molecule has 1 N–H and O–H groups in total. The van der Waals surface area contributed by atoms with Crippen molar-refractivity contribution in [3.63, 3.8) is 0 Å². The van der Waals surface area contributed by atoms with Crippen molar-refractivity contribution in [3.8, 4) is 5.75 Å². The van der Waals surface area contributed by atoms with Crippen LogP contribution in [0.4, 0.5) is 0 Å². The maximum Gasteiger partial charge on any atom is 0.244 e. The zero-order valence-electron chi connectivity index (χ0n) is 16.5. The Hall–Kier alpha value is -2.58. The highest BCUT2D eigenvalue weighted by molar-refractivity contribution is 7.89. The van der Waals surface area contributed by atoms with E-state index in [2.05, 4.69) is 9.82 Å². The lowest BCUT2D eigenvalue weighted by molar-refractivity contribution is 0.393. The average Bonchev–Trinajstić information content (AvgIpc) is 3.31. The fraction of sp³-hybridized carbons (Fsp3) is 0.350. The summed E-state index contributed by atoms with van der Waals surface area (Å²) in [6, 6.07) is 10.3. The van der Waals surface area contributed by atoms with Crippen LogP contribution in [0.3, 0.4) is 0 Å². The predicted octanol–water partition coefficient (Wildman–Crippen LogP) is 3.23. The molecule has 3 rings (SSSR count). The van der Waals surface area contributed by atoms with Crippen LogP contribution in [0, 0.1) is 13.8 Å². The fourth-order valence-corrected chi connectivity index (χ4v) is 4.42. The summed E-state index contributed by atoms with van der Waals surface area (Å²) in [7, 11) is -2.33. The molecule has 3 aromatic rings. The number of hydrogen-bond acceptors (Lipinski definition) is 5. The SMILES string of the molecule is CCc1ccc(OC)c(S(=O)(=O)NCC(c2ccco2)n2nc(C)cc2C)c1. The maximum atomic E-state index is 13.0. The van der Waals surface area contributed by atoms with Crippen LogP contribution in [0.5, 0.6) is 5.75 Å². The second-order valence-corrected chi connectivity index (χ2v) is 8.33. The van der Waals surface area contributed by atoms with Gasteiger partial charge >= 0.3 is 0 Å². The molecule has 150 valence electrons. The van der Waals surface area contributed by atoms with E-state index in [0.29, 0.717) is 11.5 Å². The quantitative estimate of drug-likeness (QED) is 0.624. The van der Waals surface area contributed by atoms with Crippen molar-refractivity contribution in [1.29, 1.82) is 0 Å². The van der Waals surface area contributed by atoms with Crippen LogP contribution < -0.4 is 9.46 Å². The molecule has 1 atom stereocenters. The van der Waals surface area contributed by atoms with Crippen LogP contribution in [0.25, 0.3) is 0 Å². The van der Waals surface area contributed by atoms with E-state index >= 15 is 0 Å². The predicted molar refractivity (Wildman–Crippen MR) is 106 cm³/mol. The highest BCUT2D eigenvalue weighted by Crippen LogP contribution is 2.26. The van der Waals surface area contributed by atoms with Gasteiger partial charge in [-0.1, -0.05) is 13.0 Å². The van der Waals surface area contributed by atoms with E-state index in [1.165, 1.54) is 7.11 Å². The molecule has 0 spiro atoms. The molecule has 0 aliphatic carbocycles. The first-order valence-corrected chi connectivity index (χ1v) is 10.6. The van der Waals surface area contributed by atoms with Crippen LogP contribution in [0.2, 0.25) is 0 Å². The van der Waals surface area contributed by atoms with E-state index in [4.69, 9.17) is 9.15 Å². The Morgan fingerprint density at radius 2 is 2.04 bits per heavy atom. The van der Waals surface area contributed by atoms with Gasteiger partial charge in [-0.2, -0.15) is 5.10 Å². The Kier molecular flexibility index (Phi) is 5.90. The minimum absolute atomic E-state index is 0.0946. The molecule has 8 heteroatoms. The molecule has 1 unspecified atom stereocenters. The number of ether oxygens (including phenoxy) is 1. The minimum atomic E-state index is -3.79. The van der Waals surface area contributed by atoms with Crippen LogP contribution in [-0.2, 0) is 16.4 Å². The third-order valence-corrected chi connectivity index (χ3v) is 6.05. The van der Waals surface area contributed by atoms with Crippen LogP contribution >= 0.6 is 0 Å². The van der Waals surface area contributed by atoms with Crippen molar-refractivity contribution in [1.82, 2.24) is 14.5 Å². The number of aromatic nitrogens is 2. The smallest absolute Gasteiger partial charge is 0.244 e. The lowest BCUT2D eigenvalue weighted by atomic mass is 10.2. The third kappa shape index (κ3) is 4.13. The number of benzene rings is 1. The molecular formula is C20H25N3O4S. The van der Waals surface area contributed by atoms with Gasteiger partial charge in [0.15, 0.2) is 0 Å². The highest BCUT2D eigenvalue weighted by Gasteiger charge is 2.25. The first kappa shape index (κ1) is 20.2. The largest absolute Gasteiger partial charge is 0.495 e. The van der Waals surface area contributed by atoms with Gasteiger partial charge in [0, 0.05) is 12.2 Å². The van der Waals surface area contributed by atoms with Gasteiger partial charge in [0.25, 0.3) is 0 Å². The van der Waals surface area contributed by atoms with Gasteiger partial charge in [0.1, 0.15) is 22.4 Å². The summed E-state index contributed by atoms with van der Waals surface area (Å²) in [5.74, 6) is 0.938. The van der Waals surface area contributed by atoms with Crippen molar-refractivity contribution in [2.45, 2.75) is 38.1 Å². The van der Waals surface area contributed by atoms with Crippen molar-refractivity contribution in [2.75, 3.05) is 13.7 Å². The molecule has 2 aromatic heterocycles. The monoisotopic (exact) mass is 403 g/mol. The van der Waals surface area contributed by atoms with E-state index in [0.717, 1.165) is 23.4 Å². The van der Waals surface area contributed by atoms with E-state index < -0.39 is 16.1 Å². The number of methoxy groups -OCH3 is 1. The second kappa shape index (κ2) is 8.20. The Morgan fingerprint density at radius 3 is 2.61 bits per heavy atom. The molecule has 7 nitrogen and oxygen atoms in total. The molecule has 0 aliphatic rings. The van der Waals surface area contributed by atoms with Gasteiger partial charge < -0.3 is 9.15 Å². The molecule has 28 heavy (non-hydrogen) atoms. The van der Waals surface area contributed by atoms with Crippen molar-refractivity contribution in [2.24, 2.45) is 0 Å². The summed E-state index contributed by atoms with van der Waals surface area (Å²) in [6.07, 6.45) is 2.30. The zero-order chi connectivity index (χ0) is 20.3. The highest BCUT2D eigenvalue weighted by atomic mass is 32.2. The normalized spacial score (nSPS) is 12.9. The van der Waals surface area contributed by atoms with Crippen molar-refractivity contribution in [3.05, 3.63) is 65.4 Å². The van der Waals surface area contributed by atoms with E-state index in [9.17, 15) is 8.42 Å². The topological polar surface area (TPSA) is 86.4 Å². The van der Waals surface area contributed by atoms with Gasteiger partial charge in [-0.15, -0.1) is 0 Å². The lowest BCUT2D eigenvalue weighted by Crippen LogP contribution is -2.32. The standard InChI is InChI=1S/C20H25N3O4S/c1-5-16-8-9-19(26-4)20(12-16)28(24,25)21-13-17(18-7-6-10-27-18)23-15(3)11-14(2)22-23/h6-12,17,21H,5,13H2,1-4H3. The number of rotatable bonds is 8. The molecule has 0 saturated heterocycles.